The van der Waals surface area contributed by atoms with Crippen molar-refractivity contribution in [3.8, 4) is 0 Å². The molecule has 0 radical (unpaired) electrons. The zero-order chi connectivity index (χ0) is 20.2. The number of fused-ring (bicyclic) bond motifs is 2. The lowest BCUT2D eigenvalue weighted by Gasteiger charge is -2.19. The van der Waals surface area contributed by atoms with Gasteiger partial charge in [0.15, 0.2) is 0 Å². The summed E-state index contributed by atoms with van der Waals surface area (Å²) in [5.74, 6) is 0. The van der Waals surface area contributed by atoms with Crippen molar-refractivity contribution in [1.29, 1.82) is 0 Å². The maximum atomic E-state index is 13.1. The number of benzene rings is 2. The van der Waals surface area contributed by atoms with Crippen LogP contribution in [-0.2, 0) is 12.6 Å². The average molecular weight is 400 g/mol. The normalized spacial score (nSPS) is 19.7. The van der Waals surface area contributed by atoms with Gasteiger partial charge in [-0.1, -0.05) is 0 Å². The number of hydrogen-bond donors (Lipinski definition) is 2. The van der Waals surface area contributed by atoms with E-state index in [4.69, 9.17) is 0 Å². The van der Waals surface area contributed by atoms with Gasteiger partial charge in [0.25, 0.3) is 0 Å². The first-order chi connectivity index (χ1) is 13.9. The first kappa shape index (κ1) is 18.4. The maximum absolute atomic E-state index is 13.1. The molecule has 0 aliphatic carbocycles. The molecule has 3 aromatic rings. The molecule has 7 heteroatoms. The second-order valence-corrected chi connectivity index (χ2v) is 8.04. The van der Waals surface area contributed by atoms with Gasteiger partial charge in [-0.3, -0.25) is 0 Å². The third-order valence-electron chi connectivity index (χ3n) is 6.14. The maximum Gasteiger partial charge on any atom is 0.416 e. The molecule has 3 heterocycles. The van der Waals surface area contributed by atoms with Gasteiger partial charge in [0.1, 0.15) is 0 Å². The molecule has 1 aromatic heterocycles. The molecular formula is C22H23F3N4. The van der Waals surface area contributed by atoms with Crippen molar-refractivity contribution in [3.05, 3.63) is 53.7 Å². The van der Waals surface area contributed by atoms with E-state index in [2.05, 4.69) is 28.3 Å². The number of aromatic nitrogens is 1. The van der Waals surface area contributed by atoms with Crippen LogP contribution in [0.25, 0.3) is 10.9 Å². The topological polar surface area (TPSA) is 34.3 Å². The molecule has 1 atom stereocenters. The van der Waals surface area contributed by atoms with Gasteiger partial charge in [-0.05, 0) is 68.9 Å². The van der Waals surface area contributed by atoms with Crippen molar-refractivity contribution in [2.24, 2.45) is 0 Å². The lowest BCUT2D eigenvalue weighted by atomic mass is 10.1. The van der Waals surface area contributed by atoms with Gasteiger partial charge < -0.3 is 20.1 Å². The summed E-state index contributed by atoms with van der Waals surface area (Å²) in [6, 6.07) is 12.6. The lowest BCUT2D eigenvalue weighted by Crippen LogP contribution is -2.26. The highest BCUT2D eigenvalue weighted by atomic mass is 19.4. The number of halogens is 3. The summed E-state index contributed by atoms with van der Waals surface area (Å²) in [7, 11) is 2.17. The van der Waals surface area contributed by atoms with Gasteiger partial charge in [-0.2, -0.15) is 13.2 Å². The van der Waals surface area contributed by atoms with Crippen LogP contribution in [0.4, 0.5) is 30.2 Å². The van der Waals surface area contributed by atoms with E-state index in [1.54, 1.807) is 0 Å². The molecule has 2 aliphatic rings. The van der Waals surface area contributed by atoms with E-state index in [0.29, 0.717) is 18.4 Å². The molecular weight excluding hydrogens is 377 g/mol. The number of alkyl halides is 3. The predicted molar refractivity (Wildman–Crippen MR) is 110 cm³/mol. The van der Waals surface area contributed by atoms with Crippen LogP contribution in [-0.4, -0.2) is 36.2 Å². The van der Waals surface area contributed by atoms with Crippen LogP contribution < -0.4 is 10.2 Å². The highest BCUT2D eigenvalue weighted by molar-refractivity contribution is 5.88. The number of likely N-dealkylation sites (tertiary alicyclic amines) is 1. The summed E-state index contributed by atoms with van der Waals surface area (Å²) in [6.45, 7) is 1.60. The summed E-state index contributed by atoms with van der Waals surface area (Å²) in [5, 5.41) is 4.26. The van der Waals surface area contributed by atoms with E-state index in [-0.39, 0.29) is 0 Å². The minimum atomic E-state index is -4.35. The van der Waals surface area contributed by atoms with Crippen LogP contribution in [0.15, 0.2) is 42.5 Å². The average Bonchev–Trinajstić information content (AvgIpc) is 3.38. The Balaban J connectivity index is 1.45. The molecule has 1 unspecified atom stereocenters. The molecule has 2 N–H and O–H groups in total. The fraction of sp³-hybridized carbons (Fsp3) is 0.364. The summed E-state index contributed by atoms with van der Waals surface area (Å²) >= 11 is 0. The number of rotatable bonds is 3. The number of anilines is 3. The van der Waals surface area contributed by atoms with Gasteiger partial charge in [0, 0.05) is 34.7 Å². The number of hydrogen-bond acceptors (Lipinski definition) is 3. The van der Waals surface area contributed by atoms with Crippen LogP contribution in [0.5, 0.6) is 0 Å². The molecule has 2 aliphatic heterocycles. The molecule has 29 heavy (non-hydrogen) atoms. The first-order valence-electron chi connectivity index (χ1n) is 9.93. The minimum Gasteiger partial charge on any atom is -0.366 e. The van der Waals surface area contributed by atoms with Gasteiger partial charge in [-0.25, -0.2) is 0 Å². The van der Waals surface area contributed by atoms with Crippen LogP contribution in [0.2, 0.25) is 0 Å². The van der Waals surface area contributed by atoms with Crippen molar-refractivity contribution in [1.82, 2.24) is 9.88 Å². The Morgan fingerprint density at radius 1 is 1.10 bits per heavy atom. The van der Waals surface area contributed by atoms with Crippen molar-refractivity contribution in [2.45, 2.75) is 31.5 Å². The highest BCUT2D eigenvalue weighted by Crippen LogP contribution is 2.41. The number of nitrogens with one attached hydrogen (secondary N) is 2. The van der Waals surface area contributed by atoms with E-state index < -0.39 is 11.7 Å². The molecule has 0 bridgehead atoms. The lowest BCUT2D eigenvalue weighted by molar-refractivity contribution is -0.137. The Labute approximate surface area is 167 Å². The zero-order valence-corrected chi connectivity index (χ0v) is 16.2. The molecule has 4 nitrogen and oxygen atoms in total. The number of likely N-dealkylation sites (N-methyl/N-ethyl adjacent to an activating group) is 1. The second kappa shape index (κ2) is 6.69. The molecule has 2 aromatic carbocycles. The van der Waals surface area contributed by atoms with Gasteiger partial charge >= 0.3 is 6.18 Å². The SMILES string of the molecule is CN1CCCC1Cc1cc2cc(N3CNc4ccc(C(F)(F)F)cc43)ccc2[nH]1. The highest BCUT2D eigenvalue weighted by Gasteiger charge is 2.33. The minimum absolute atomic E-state index is 0.451. The second-order valence-electron chi connectivity index (χ2n) is 8.04. The smallest absolute Gasteiger partial charge is 0.366 e. The largest absolute Gasteiger partial charge is 0.416 e. The molecule has 152 valence electrons. The van der Waals surface area contributed by atoms with E-state index in [1.165, 1.54) is 30.7 Å². The Morgan fingerprint density at radius 3 is 2.72 bits per heavy atom. The van der Waals surface area contributed by atoms with Crippen molar-refractivity contribution < 1.29 is 13.2 Å². The van der Waals surface area contributed by atoms with E-state index in [1.807, 2.05) is 23.1 Å². The third-order valence-corrected chi connectivity index (χ3v) is 6.14. The molecule has 0 amide bonds. The van der Waals surface area contributed by atoms with Crippen molar-refractivity contribution in [3.63, 3.8) is 0 Å². The van der Waals surface area contributed by atoms with Crippen molar-refractivity contribution in [2.75, 3.05) is 30.5 Å². The number of H-pyrrole nitrogens is 1. The van der Waals surface area contributed by atoms with Gasteiger partial charge in [0.05, 0.1) is 23.6 Å². The number of aromatic amines is 1. The van der Waals surface area contributed by atoms with Gasteiger partial charge in [-0.15, -0.1) is 0 Å². The molecule has 0 spiro atoms. The van der Waals surface area contributed by atoms with Crippen molar-refractivity contribution >= 4 is 28.0 Å². The molecule has 1 fully saturated rings. The first-order valence-corrected chi connectivity index (χ1v) is 9.93. The Hall–Kier alpha value is -2.67. The summed E-state index contributed by atoms with van der Waals surface area (Å²) < 4.78 is 39.4. The van der Waals surface area contributed by atoms with Crippen LogP contribution >= 0.6 is 0 Å². The summed E-state index contributed by atoms with van der Waals surface area (Å²) in [6.07, 6.45) is -0.901. The van der Waals surface area contributed by atoms with Crippen LogP contribution in [0.1, 0.15) is 24.1 Å². The molecule has 0 saturated carbocycles. The Morgan fingerprint density at radius 2 is 1.97 bits per heavy atom. The van der Waals surface area contributed by atoms with E-state index in [0.717, 1.165) is 41.3 Å². The fourth-order valence-corrected chi connectivity index (χ4v) is 4.51. The molecule has 5 rings (SSSR count). The Bertz CT molecular complexity index is 1060. The van der Waals surface area contributed by atoms with Crippen LogP contribution in [0, 0.1) is 0 Å². The quantitative estimate of drug-likeness (QED) is 0.622. The standard InChI is InChI=1S/C22H23F3N4/c1-28-8-2-3-17(28)12-16-9-14-10-18(5-7-19(14)27-16)29-13-26-20-6-4-15(11-21(20)29)22(23,24)25/h4-7,9-11,17,26-27H,2-3,8,12-13H2,1H3. The Kier molecular flexibility index (Phi) is 4.24. The monoisotopic (exact) mass is 400 g/mol. The summed E-state index contributed by atoms with van der Waals surface area (Å²) in [5.41, 5.74) is 3.79. The predicted octanol–water partition coefficient (Wildman–Crippen LogP) is 5.34. The molecule has 1 saturated heterocycles. The fourth-order valence-electron chi connectivity index (χ4n) is 4.51. The van der Waals surface area contributed by atoms with E-state index >= 15 is 0 Å². The van der Waals surface area contributed by atoms with Crippen LogP contribution in [0.3, 0.4) is 0 Å². The summed E-state index contributed by atoms with van der Waals surface area (Å²) in [4.78, 5) is 7.79. The van der Waals surface area contributed by atoms with Gasteiger partial charge in [0.2, 0.25) is 0 Å². The van der Waals surface area contributed by atoms with E-state index in [9.17, 15) is 13.2 Å². The zero-order valence-electron chi connectivity index (χ0n) is 16.2. The third kappa shape index (κ3) is 3.33. The number of nitrogens with zero attached hydrogens (tertiary/aromatic N) is 2.